The van der Waals surface area contributed by atoms with Gasteiger partial charge in [0.2, 0.25) is 0 Å². The van der Waals surface area contributed by atoms with Crippen LogP contribution in [0, 0.1) is 0 Å². The van der Waals surface area contributed by atoms with Gasteiger partial charge in [0.25, 0.3) is 0 Å². The van der Waals surface area contributed by atoms with Gasteiger partial charge in [0.15, 0.2) is 0 Å². The average molecular weight is 342 g/mol. The molecule has 2 aromatic rings. The summed E-state index contributed by atoms with van der Waals surface area (Å²) in [6.45, 7) is 0. The molecule has 0 aromatic heterocycles. The molecule has 0 spiro atoms. The van der Waals surface area contributed by atoms with Crippen molar-refractivity contribution in [3.8, 4) is 5.75 Å². The molecular weight excluding hydrogens is 329 g/mol. The molecule has 3 nitrogen and oxygen atoms in total. The number of hydrogen-bond donors (Lipinski definition) is 0. The van der Waals surface area contributed by atoms with Crippen molar-refractivity contribution in [2.75, 3.05) is 0 Å². The van der Waals surface area contributed by atoms with Gasteiger partial charge >= 0.3 is 15.6 Å². The predicted molar refractivity (Wildman–Crippen MR) is 81.2 cm³/mol. The number of allylic oxidation sites excluding steroid dienone is 1. The second kappa shape index (κ2) is 6.87. The smallest absolute Gasteiger partial charge is 0.376 e. The summed E-state index contributed by atoms with van der Waals surface area (Å²) in [6.07, 6.45) is 4.40. The number of rotatable bonds is 5. The van der Waals surface area contributed by atoms with Gasteiger partial charge in [-0.2, -0.15) is 21.6 Å². The number of alkyl halides is 3. The quantitative estimate of drug-likeness (QED) is 0.605. The molecule has 2 rings (SSSR count). The molecule has 0 N–H and O–H groups in total. The van der Waals surface area contributed by atoms with Crippen LogP contribution in [0.1, 0.15) is 11.1 Å². The lowest BCUT2D eigenvalue weighted by Crippen LogP contribution is -2.28. The lowest BCUT2D eigenvalue weighted by molar-refractivity contribution is -0.0500. The molecular formula is C16H13F3O3S. The van der Waals surface area contributed by atoms with Gasteiger partial charge < -0.3 is 4.18 Å². The van der Waals surface area contributed by atoms with Crippen LogP contribution >= 0.6 is 0 Å². The highest BCUT2D eigenvalue weighted by Gasteiger charge is 2.48. The van der Waals surface area contributed by atoms with Gasteiger partial charge in [-0.15, -0.1) is 0 Å². The Morgan fingerprint density at radius 2 is 1.57 bits per heavy atom. The van der Waals surface area contributed by atoms with Crippen LogP contribution in [0.4, 0.5) is 13.2 Å². The fourth-order valence-electron chi connectivity index (χ4n) is 1.75. The van der Waals surface area contributed by atoms with Crippen LogP contribution < -0.4 is 4.18 Å². The lowest BCUT2D eigenvalue weighted by Gasteiger charge is -2.09. The van der Waals surface area contributed by atoms with E-state index in [1.165, 1.54) is 24.3 Å². The molecule has 0 aliphatic rings. The fraction of sp³-hybridized carbons (Fsp3) is 0.125. The van der Waals surface area contributed by atoms with Crippen molar-refractivity contribution in [1.29, 1.82) is 0 Å². The second-order valence-corrected chi connectivity index (χ2v) is 6.18. The Labute approximate surface area is 132 Å². The van der Waals surface area contributed by atoms with E-state index >= 15 is 0 Å². The Morgan fingerprint density at radius 3 is 2.13 bits per heavy atom. The summed E-state index contributed by atoms with van der Waals surface area (Å²) >= 11 is 0. The first-order valence-electron chi connectivity index (χ1n) is 6.59. The Kier molecular flexibility index (Phi) is 5.10. The number of hydrogen-bond acceptors (Lipinski definition) is 3. The fourth-order valence-corrected chi connectivity index (χ4v) is 2.21. The van der Waals surface area contributed by atoms with E-state index in [0.717, 1.165) is 11.1 Å². The Morgan fingerprint density at radius 1 is 0.957 bits per heavy atom. The molecule has 0 saturated carbocycles. The molecule has 0 amide bonds. The topological polar surface area (TPSA) is 43.4 Å². The minimum atomic E-state index is -5.63. The Hall–Kier alpha value is -2.28. The normalized spacial score (nSPS) is 12.5. The van der Waals surface area contributed by atoms with E-state index in [0.29, 0.717) is 6.42 Å². The number of halogens is 3. The molecule has 0 atom stereocenters. The second-order valence-electron chi connectivity index (χ2n) is 4.64. The molecule has 23 heavy (non-hydrogen) atoms. The van der Waals surface area contributed by atoms with Gasteiger partial charge in [0.05, 0.1) is 0 Å². The van der Waals surface area contributed by atoms with Crippen molar-refractivity contribution < 1.29 is 25.8 Å². The van der Waals surface area contributed by atoms with Crippen LogP contribution in [0.3, 0.4) is 0 Å². The molecule has 2 aromatic carbocycles. The van der Waals surface area contributed by atoms with Crippen LogP contribution in [0.2, 0.25) is 0 Å². The average Bonchev–Trinajstić information content (AvgIpc) is 2.49. The van der Waals surface area contributed by atoms with Crippen molar-refractivity contribution in [2.24, 2.45) is 0 Å². The highest BCUT2D eigenvalue weighted by Crippen LogP contribution is 2.27. The third kappa shape index (κ3) is 4.85. The molecule has 122 valence electrons. The van der Waals surface area contributed by atoms with Crippen LogP contribution in [-0.4, -0.2) is 13.9 Å². The zero-order valence-electron chi connectivity index (χ0n) is 11.8. The zero-order chi connectivity index (χ0) is 16.9. The zero-order valence-corrected chi connectivity index (χ0v) is 12.6. The maximum atomic E-state index is 12.2. The molecule has 0 unspecified atom stereocenters. The standard InChI is InChI=1S/C16H13F3O3S/c17-16(18,19)23(20,21)22-15-11-9-14(10-12-15)8-4-7-13-5-2-1-3-6-13/h1-6,8-12H,7H2/b8-4+. The number of benzene rings is 2. The van der Waals surface area contributed by atoms with E-state index < -0.39 is 15.6 Å². The summed E-state index contributed by atoms with van der Waals surface area (Å²) in [7, 11) is -5.63. The third-order valence-corrected chi connectivity index (χ3v) is 3.85. The first-order valence-corrected chi connectivity index (χ1v) is 8.00. The summed E-state index contributed by atoms with van der Waals surface area (Å²) < 4.78 is 62.4. The van der Waals surface area contributed by atoms with Crippen molar-refractivity contribution in [2.45, 2.75) is 11.9 Å². The molecule has 0 heterocycles. The highest BCUT2D eigenvalue weighted by molar-refractivity contribution is 7.88. The molecule has 0 fully saturated rings. The molecule has 0 aliphatic carbocycles. The molecule has 0 saturated heterocycles. The molecule has 0 aliphatic heterocycles. The largest absolute Gasteiger partial charge is 0.534 e. The maximum absolute atomic E-state index is 12.2. The van der Waals surface area contributed by atoms with Gasteiger partial charge in [0.1, 0.15) is 5.75 Å². The van der Waals surface area contributed by atoms with Gasteiger partial charge in [-0.1, -0.05) is 54.6 Å². The van der Waals surface area contributed by atoms with Crippen molar-refractivity contribution >= 4 is 16.2 Å². The summed E-state index contributed by atoms with van der Waals surface area (Å²) in [4.78, 5) is 0. The predicted octanol–water partition coefficient (Wildman–Crippen LogP) is 4.17. The summed E-state index contributed by atoms with van der Waals surface area (Å²) in [5.74, 6) is -0.387. The van der Waals surface area contributed by atoms with E-state index in [1.54, 1.807) is 6.08 Å². The SMILES string of the molecule is O=S(=O)(Oc1ccc(/C=C/Cc2ccccc2)cc1)C(F)(F)F. The Balaban J connectivity index is 2.00. The van der Waals surface area contributed by atoms with Crippen LogP contribution in [0.5, 0.6) is 5.75 Å². The minimum Gasteiger partial charge on any atom is -0.376 e. The van der Waals surface area contributed by atoms with E-state index in [2.05, 4.69) is 4.18 Å². The van der Waals surface area contributed by atoms with Gasteiger partial charge in [-0.3, -0.25) is 0 Å². The van der Waals surface area contributed by atoms with Crippen molar-refractivity contribution in [1.82, 2.24) is 0 Å². The van der Waals surface area contributed by atoms with Crippen LogP contribution in [-0.2, 0) is 16.5 Å². The highest BCUT2D eigenvalue weighted by atomic mass is 32.2. The van der Waals surface area contributed by atoms with E-state index in [1.807, 2.05) is 36.4 Å². The van der Waals surface area contributed by atoms with Crippen molar-refractivity contribution in [3.05, 3.63) is 71.8 Å². The third-order valence-electron chi connectivity index (χ3n) is 2.88. The van der Waals surface area contributed by atoms with Crippen molar-refractivity contribution in [3.63, 3.8) is 0 Å². The monoisotopic (exact) mass is 342 g/mol. The van der Waals surface area contributed by atoms with E-state index in [9.17, 15) is 21.6 Å². The van der Waals surface area contributed by atoms with Crippen LogP contribution in [0.25, 0.3) is 6.08 Å². The minimum absolute atomic E-state index is 0.387. The summed E-state index contributed by atoms with van der Waals surface area (Å²) in [6, 6.07) is 15.0. The van der Waals surface area contributed by atoms with E-state index in [4.69, 9.17) is 0 Å². The molecule has 7 heteroatoms. The van der Waals surface area contributed by atoms with Gasteiger partial charge in [-0.25, -0.2) is 0 Å². The first kappa shape index (κ1) is 17.1. The Bertz CT molecular complexity index is 764. The molecule has 0 bridgehead atoms. The van der Waals surface area contributed by atoms with E-state index in [-0.39, 0.29) is 5.75 Å². The molecule has 0 radical (unpaired) electrons. The van der Waals surface area contributed by atoms with Gasteiger partial charge in [-0.05, 0) is 29.7 Å². The van der Waals surface area contributed by atoms with Gasteiger partial charge in [0, 0.05) is 0 Å². The van der Waals surface area contributed by atoms with Crippen LogP contribution in [0.15, 0.2) is 60.7 Å². The summed E-state index contributed by atoms with van der Waals surface area (Å²) in [5, 5.41) is 0. The first-order chi connectivity index (χ1) is 10.8. The summed E-state index contributed by atoms with van der Waals surface area (Å²) in [5.41, 5.74) is -3.60. The maximum Gasteiger partial charge on any atom is 0.534 e. The lowest BCUT2D eigenvalue weighted by atomic mass is 10.1.